The minimum absolute atomic E-state index is 0.0544. The lowest BCUT2D eigenvalue weighted by Crippen LogP contribution is -2.31. The van der Waals surface area contributed by atoms with Crippen LogP contribution in [-0.2, 0) is 16.6 Å². The van der Waals surface area contributed by atoms with E-state index in [0.29, 0.717) is 11.0 Å². The summed E-state index contributed by atoms with van der Waals surface area (Å²) in [7, 11) is -1.88. The van der Waals surface area contributed by atoms with Crippen LogP contribution in [0.2, 0.25) is 0 Å². The van der Waals surface area contributed by atoms with E-state index in [0.717, 1.165) is 19.5 Å². The molecule has 1 aromatic rings. The van der Waals surface area contributed by atoms with Crippen molar-refractivity contribution in [1.29, 1.82) is 0 Å². The third-order valence-corrected chi connectivity index (χ3v) is 5.52. The third kappa shape index (κ3) is 4.01. The summed E-state index contributed by atoms with van der Waals surface area (Å²) in [5.74, 6) is -0.522. The second kappa shape index (κ2) is 6.70. The zero-order chi connectivity index (χ0) is 15.6. The summed E-state index contributed by atoms with van der Waals surface area (Å²) < 4.78 is 41.7. The molecule has 0 bridgehead atoms. The Morgan fingerprint density at radius 2 is 2.24 bits per heavy atom. The smallest absolute Gasteiger partial charge is 0.243 e. The van der Waals surface area contributed by atoms with Gasteiger partial charge in [-0.3, -0.25) is 0 Å². The van der Waals surface area contributed by atoms with Crippen LogP contribution in [0.3, 0.4) is 0 Å². The molecule has 0 aliphatic carbocycles. The lowest BCUT2D eigenvalue weighted by atomic mass is 10.1. The molecule has 1 aromatic carbocycles. The molecule has 118 valence electrons. The number of nitrogens with two attached hydrogens (primary N) is 1. The molecule has 1 aliphatic rings. The molecule has 8 heteroatoms. The highest BCUT2D eigenvalue weighted by atomic mass is 79.9. The van der Waals surface area contributed by atoms with Crippen LogP contribution in [-0.4, -0.2) is 40.0 Å². The number of nitrogens with zero attached hydrogens (tertiary/aromatic N) is 1. The summed E-state index contributed by atoms with van der Waals surface area (Å²) >= 11 is 3.18. The topological polar surface area (TPSA) is 75.4 Å². The molecule has 0 spiro atoms. The first-order valence-electron chi connectivity index (χ1n) is 6.69. The number of hydrogen-bond acceptors (Lipinski definition) is 4. The highest BCUT2D eigenvalue weighted by molar-refractivity contribution is 9.10. The van der Waals surface area contributed by atoms with Crippen molar-refractivity contribution in [3.63, 3.8) is 0 Å². The molecule has 1 heterocycles. The summed E-state index contributed by atoms with van der Waals surface area (Å²) in [5.41, 5.74) is 5.61. The Bertz CT molecular complexity index is 624. The molecule has 0 radical (unpaired) electrons. The quantitative estimate of drug-likeness (QED) is 0.807. The Hall–Kier alpha value is -0.540. The van der Waals surface area contributed by atoms with Gasteiger partial charge in [-0.1, -0.05) is 15.9 Å². The van der Waals surface area contributed by atoms with Crippen molar-refractivity contribution in [2.24, 2.45) is 11.7 Å². The van der Waals surface area contributed by atoms with Crippen molar-refractivity contribution in [1.82, 2.24) is 9.62 Å². The molecule has 3 N–H and O–H groups in total. The number of nitrogens with one attached hydrogen (secondary N) is 1. The molecular weight excluding hydrogens is 361 g/mol. The molecule has 2 rings (SSSR count). The van der Waals surface area contributed by atoms with E-state index >= 15 is 0 Å². The van der Waals surface area contributed by atoms with E-state index in [2.05, 4.69) is 25.6 Å². The van der Waals surface area contributed by atoms with Crippen LogP contribution in [0.4, 0.5) is 4.39 Å². The number of hydrogen-bond donors (Lipinski definition) is 2. The summed E-state index contributed by atoms with van der Waals surface area (Å²) in [4.78, 5) is 1.79. The summed E-state index contributed by atoms with van der Waals surface area (Å²) in [6, 6.07) is 2.75. The monoisotopic (exact) mass is 379 g/mol. The Labute approximate surface area is 132 Å². The van der Waals surface area contributed by atoms with Crippen LogP contribution < -0.4 is 10.5 Å². The van der Waals surface area contributed by atoms with Crippen molar-refractivity contribution in [2.75, 3.05) is 26.7 Å². The van der Waals surface area contributed by atoms with E-state index in [1.807, 2.05) is 7.05 Å². The number of benzene rings is 1. The van der Waals surface area contributed by atoms with E-state index in [1.165, 1.54) is 12.1 Å². The van der Waals surface area contributed by atoms with E-state index in [4.69, 9.17) is 5.73 Å². The Kier molecular flexibility index (Phi) is 5.37. The second-order valence-electron chi connectivity index (χ2n) is 5.35. The number of likely N-dealkylation sites (tertiary alicyclic amines) is 1. The van der Waals surface area contributed by atoms with Gasteiger partial charge in [0.2, 0.25) is 10.0 Å². The molecular formula is C13H19BrFN3O2S. The summed E-state index contributed by atoms with van der Waals surface area (Å²) in [6.07, 6.45) is 0.939. The van der Waals surface area contributed by atoms with Gasteiger partial charge < -0.3 is 10.6 Å². The molecule has 1 saturated heterocycles. The van der Waals surface area contributed by atoms with E-state index in [-0.39, 0.29) is 22.9 Å². The van der Waals surface area contributed by atoms with Crippen LogP contribution in [0.25, 0.3) is 0 Å². The Balaban J connectivity index is 2.17. The fraction of sp³-hybridized carbons (Fsp3) is 0.538. The SMILES string of the molecule is CN1CCC(CNS(=O)(=O)c2cc(Br)cc(CN)c2F)C1. The molecule has 1 unspecified atom stereocenters. The molecule has 21 heavy (non-hydrogen) atoms. The maximum Gasteiger partial charge on any atom is 0.243 e. The van der Waals surface area contributed by atoms with E-state index in [1.54, 1.807) is 0 Å². The Morgan fingerprint density at radius 1 is 1.52 bits per heavy atom. The maximum atomic E-state index is 14.2. The summed E-state index contributed by atoms with van der Waals surface area (Å²) in [5, 5.41) is 0. The van der Waals surface area contributed by atoms with Crippen molar-refractivity contribution in [2.45, 2.75) is 17.9 Å². The van der Waals surface area contributed by atoms with Crippen molar-refractivity contribution < 1.29 is 12.8 Å². The van der Waals surface area contributed by atoms with Gasteiger partial charge in [-0.15, -0.1) is 0 Å². The van der Waals surface area contributed by atoms with Crippen molar-refractivity contribution in [3.8, 4) is 0 Å². The van der Waals surface area contributed by atoms with Crippen molar-refractivity contribution in [3.05, 3.63) is 28.0 Å². The number of sulfonamides is 1. The maximum absolute atomic E-state index is 14.2. The van der Waals surface area contributed by atoms with E-state index in [9.17, 15) is 12.8 Å². The largest absolute Gasteiger partial charge is 0.326 e. The van der Waals surface area contributed by atoms with Crippen LogP contribution in [0.1, 0.15) is 12.0 Å². The summed E-state index contributed by atoms with van der Waals surface area (Å²) in [6.45, 7) is 2.06. The minimum Gasteiger partial charge on any atom is -0.326 e. The molecule has 0 amide bonds. The van der Waals surface area contributed by atoms with Gasteiger partial charge in [0.1, 0.15) is 10.7 Å². The van der Waals surface area contributed by atoms with Gasteiger partial charge in [0.25, 0.3) is 0 Å². The number of halogens is 2. The molecule has 1 fully saturated rings. The average Bonchev–Trinajstić information content (AvgIpc) is 2.84. The predicted octanol–water partition coefficient (Wildman–Crippen LogP) is 1.28. The zero-order valence-corrected chi connectivity index (χ0v) is 14.2. The second-order valence-corrected chi connectivity index (χ2v) is 8.00. The molecule has 0 aromatic heterocycles. The lowest BCUT2D eigenvalue weighted by Gasteiger charge is -2.14. The normalized spacial score (nSPS) is 20.1. The lowest BCUT2D eigenvalue weighted by molar-refractivity contribution is 0.394. The fourth-order valence-corrected chi connectivity index (χ4v) is 4.38. The van der Waals surface area contributed by atoms with Crippen LogP contribution in [0.15, 0.2) is 21.5 Å². The van der Waals surface area contributed by atoms with Gasteiger partial charge in [-0.05, 0) is 38.1 Å². The van der Waals surface area contributed by atoms with Gasteiger partial charge in [-0.25, -0.2) is 17.5 Å². The first-order chi connectivity index (χ1) is 9.83. The van der Waals surface area contributed by atoms with Gasteiger partial charge >= 0.3 is 0 Å². The average molecular weight is 380 g/mol. The molecule has 5 nitrogen and oxygen atoms in total. The van der Waals surface area contributed by atoms with Crippen LogP contribution in [0, 0.1) is 11.7 Å². The molecule has 1 atom stereocenters. The third-order valence-electron chi connectivity index (χ3n) is 3.64. The van der Waals surface area contributed by atoms with Crippen LogP contribution >= 0.6 is 15.9 Å². The number of rotatable bonds is 5. The fourth-order valence-electron chi connectivity index (χ4n) is 2.46. The highest BCUT2D eigenvalue weighted by Gasteiger charge is 2.25. The first-order valence-corrected chi connectivity index (χ1v) is 8.97. The Morgan fingerprint density at radius 3 is 2.81 bits per heavy atom. The van der Waals surface area contributed by atoms with Crippen LogP contribution in [0.5, 0.6) is 0 Å². The zero-order valence-electron chi connectivity index (χ0n) is 11.8. The van der Waals surface area contributed by atoms with Gasteiger partial charge in [0.05, 0.1) is 0 Å². The first kappa shape index (κ1) is 16.8. The molecule has 0 saturated carbocycles. The predicted molar refractivity (Wildman–Crippen MR) is 82.8 cm³/mol. The van der Waals surface area contributed by atoms with E-state index < -0.39 is 15.8 Å². The standard InChI is InChI=1S/C13H19BrFN3O2S/c1-18-3-2-9(8-18)7-17-21(19,20)12-5-11(14)4-10(6-16)13(12)15/h4-5,9,17H,2-3,6-8,16H2,1H3. The minimum atomic E-state index is -3.88. The van der Waals surface area contributed by atoms with Crippen molar-refractivity contribution >= 4 is 26.0 Å². The van der Waals surface area contributed by atoms with Gasteiger partial charge in [-0.2, -0.15) is 0 Å². The highest BCUT2D eigenvalue weighted by Crippen LogP contribution is 2.24. The van der Waals surface area contributed by atoms with Gasteiger partial charge in [0, 0.05) is 29.7 Å². The molecule has 1 aliphatic heterocycles. The van der Waals surface area contributed by atoms with Gasteiger partial charge in [0.15, 0.2) is 0 Å².